The highest BCUT2D eigenvalue weighted by Gasteiger charge is 2.34. The number of amides is 3. The molecule has 0 bridgehead atoms. The lowest BCUT2D eigenvalue weighted by Gasteiger charge is -2.27. The summed E-state index contributed by atoms with van der Waals surface area (Å²) in [7, 11) is 0. The Morgan fingerprint density at radius 1 is 0.714 bits per heavy atom. The van der Waals surface area contributed by atoms with E-state index in [0.717, 1.165) is 12.1 Å². The van der Waals surface area contributed by atoms with Gasteiger partial charge in [0.1, 0.15) is 6.61 Å². The molecule has 394 valence electrons. The molecule has 70 heavy (non-hydrogen) atoms. The van der Waals surface area contributed by atoms with Gasteiger partial charge in [0.15, 0.2) is 23.3 Å². The van der Waals surface area contributed by atoms with Crippen LogP contribution in [0.4, 0.5) is 0 Å². The van der Waals surface area contributed by atoms with Gasteiger partial charge in [-0.05, 0) is 63.0 Å². The zero-order valence-corrected chi connectivity index (χ0v) is 42.3. The van der Waals surface area contributed by atoms with Crippen LogP contribution in [0, 0.1) is 17.8 Å². The van der Waals surface area contributed by atoms with Crippen molar-refractivity contribution in [2.24, 2.45) is 39.9 Å². The van der Waals surface area contributed by atoms with E-state index in [-0.39, 0.29) is 88.8 Å². The van der Waals surface area contributed by atoms with Crippen LogP contribution in [0.5, 0.6) is 0 Å². The molecule has 0 aliphatic heterocycles. The number of hydrogen-bond acceptors (Lipinski definition) is 14. The molecule has 20 nitrogen and oxygen atoms in total. The summed E-state index contributed by atoms with van der Waals surface area (Å²) >= 11 is 0. The zero-order chi connectivity index (χ0) is 51.5. The summed E-state index contributed by atoms with van der Waals surface area (Å²) in [5, 5.41) is 11.9. The van der Waals surface area contributed by atoms with Crippen LogP contribution in [-0.2, 0) is 60.6 Å². The fourth-order valence-corrected chi connectivity index (χ4v) is 7.53. The van der Waals surface area contributed by atoms with Crippen molar-refractivity contribution in [1.82, 2.24) is 31.2 Å². The highest BCUT2D eigenvalue weighted by atomic mass is 16.6. The number of guanidine groups is 1. The number of nitrogens with two attached hydrogens (primary N) is 3. The Labute approximate surface area is 414 Å². The topological polar surface area (TPSA) is 307 Å². The normalized spacial score (nSPS) is 13.5. The molecule has 0 radical (unpaired) electrons. The fraction of sp³-hybridized carbons (Fsp3) is 0.680. The van der Waals surface area contributed by atoms with Crippen molar-refractivity contribution >= 4 is 41.0 Å². The molecule has 0 saturated heterocycles. The SMILES string of the molecule is CCCC(=O)[C@H](Cc1ccccc1)NC(=O)[C@@H](CC(=O)[C@@H](NC(=O)[C@H](CCCN=C(N)N)CC(=O)[C@H](CCCCN)NC(=O)COCCOCCOCCOCCNC(C)C)C(C)C)Cc1cnc[nH]1. The third kappa shape index (κ3) is 27.3. The van der Waals surface area contributed by atoms with Crippen molar-refractivity contribution in [1.29, 1.82) is 0 Å². The first-order valence-corrected chi connectivity index (χ1v) is 24.9. The molecule has 0 unspecified atom stereocenters. The van der Waals surface area contributed by atoms with Gasteiger partial charge >= 0.3 is 0 Å². The highest BCUT2D eigenvalue weighted by Crippen LogP contribution is 2.20. The molecule has 0 aliphatic carbocycles. The molecule has 3 amide bonds. The van der Waals surface area contributed by atoms with Gasteiger partial charge in [0.2, 0.25) is 17.7 Å². The molecule has 1 aromatic carbocycles. The summed E-state index contributed by atoms with van der Waals surface area (Å²) in [4.78, 5) is 94.2. The third-order valence-electron chi connectivity index (χ3n) is 11.3. The summed E-state index contributed by atoms with van der Waals surface area (Å²) in [6, 6.07) is 7.02. The first-order chi connectivity index (χ1) is 33.6. The van der Waals surface area contributed by atoms with Crippen molar-refractivity contribution in [3.63, 3.8) is 0 Å². The van der Waals surface area contributed by atoms with Crippen LogP contribution in [0.25, 0.3) is 0 Å². The van der Waals surface area contributed by atoms with E-state index in [1.165, 1.54) is 6.33 Å². The van der Waals surface area contributed by atoms with Crippen LogP contribution < -0.4 is 38.5 Å². The first-order valence-electron chi connectivity index (χ1n) is 24.9. The number of rotatable bonds is 42. The number of ether oxygens (including phenoxy) is 4. The van der Waals surface area contributed by atoms with E-state index in [0.29, 0.717) is 77.0 Å². The second kappa shape index (κ2) is 36.8. The molecule has 0 spiro atoms. The molecule has 5 atom stereocenters. The third-order valence-corrected chi connectivity index (χ3v) is 11.3. The van der Waals surface area contributed by atoms with Crippen molar-refractivity contribution in [3.05, 3.63) is 54.1 Å². The Hall–Kier alpha value is -5.12. The summed E-state index contributed by atoms with van der Waals surface area (Å²) in [5.74, 6) is -4.78. The lowest BCUT2D eigenvalue weighted by atomic mass is 9.87. The summed E-state index contributed by atoms with van der Waals surface area (Å²) < 4.78 is 22.1. The number of benzene rings is 1. The second-order valence-electron chi connectivity index (χ2n) is 18.1. The van der Waals surface area contributed by atoms with Crippen molar-refractivity contribution in [3.8, 4) is 0 Å². The number of aliphatic imine (C=N–C) groups is 1. The molecule has 0 fully saturated rings. The quantitative estimate of drug-likeness (QED) is 0.0268. The Balaban J connectivity index is 2.13. The number of unbranched alkanes of at least 4 members (excludes halogenated alkanes) is 1. The van der Waals surface area contributed by atoms with E-state index in [9.17, 15) is 28.8 Å². The van der Waals surface area contributed by atoms with Gasteiger partial charge in [-0.1, -0.05) is 65.0 Å². The van der Waals surface area contributed by atoms with E-state index in [1.807, 2.05) is 37.3 Å². The van der Waals surface area contributed by atoms with Gasteiger partial charge in [-0.25, -0.2) is 4.98 Å². The number of aromatic nitrogens is 2. The van der Waals surface area contributed by atoms with Crippen molar-refractivity contribution in [2.45, 2.75) is 129 Å². The monoisotopic (exact) mass is 985 g/mol. The Bertz CT molecular complexity index is 1810. The molecule has 11 N–H and O–H groups in total. The average molecular weight is 985 g/mol. The number of nitrogens with one attached hydrogen (secondary N) is 5. The minimum absolute atomic E-state index is 0.115. The molecule has 2 aromatic rings. The van der Waals surface area contributed by atoms with Crippen LogP contribution in [0.2, 0.25) is 0 Å². The van der Waals surface area contributed by atoms with Crippen LogP contribution in [-0.4, -0.2) is 148 Å². The van der Waals surface area contributed by atoms with E-state index < -0.39 is 59.4 Å². The minimum Gasteiger partial charge on any atom is -0.378 e. The number of carbonyl (C=O) groups excluding carboxylic acids is 6. The van der Waals surface area contributed by atoms with E-state index >= 15 is 0 Å². The maximum atomic E-state index is 14.3. The molecule has 0 saturated carbocycles. The number of carbonyl (C=O) groups is 6. The predicted molar refractivity (Wildman–Crippen MR) is 268 cm³/mol. The lowest BCUT2D eigenvalue weighted by molar-refractivity contribution is -0.136. The molecule has 1 aromatic heterocycles. The number of imidazole rings is 1. The van der Waals surface area contributed by atoms with E-state index in [4.69, 9.17) is 36.1 Å². The fourth-order valence-electron chi connectivity index (χ4n) is 7.53. The van der Waals surface area contributed by atoms with Gasteiger partial charge in [0.05, 0.1) is 76.6 Å². The van der Waals surface area contributed by atoms with Gasteiger partial charge in [-0.3, -0.25) is 33.8 Å². The zero-order valence-electron chi connectivity index (χ0n) is 42.3. The van der Waals surface area contributed by atoms with E-state index in [1.54, 1.807) is 20.0 Å². The highest BCUT2D eigenvalue weighted by molar-refractivity contribution is 5.96. The number of aromatic amines is 1. The predicted octanol–water partition coefficient (Wildman–Crippen LogP) is 2.07. The summed E-state index contributed by atoms with van der Waals surface area (Å²) in [6.07, 6.45) is 5.81. The number of ketones is 3. The Morgan fingerprint density at radius 3 is 1.96 bits per heavy atom. The molecule has 20 heteroatoms. The average Bonchev–Trinajstić information content (AvgIpc) is 3.84. The lowest BCUT2D eigenvalue weighted by Crippen LogP contribution is -2.50. The Kier molecular flexibility index (Phi) is 32.0. The van der Waals surface area contributed by atoms with Crippen molar-refractivity contribution in [2.75, 3.05) is 72.5 Å². The van der Waals surface area contributed by atoms with Gasteiger partial charge in [-0.2, -0.15) is 0 Å². The molecule has 1 heterocycles. The summed E-state index contributed by atoms with van der Waals surface area (Å²) in [6.45, 7) is 13.3. The first kappa shape index (κ1) is 61.0. The second-order valence-corrected chi connectivity index (χ2v) is 18.1. The molecule has 0 aliphatic rings. The molecular formula is C50H84N10O10. The largest absolute Gasteiger partial charge is 0.378 e. The van der Waals surface area contributed by atoms with Crippen molar-refractivity contribution < 1.29 is 47.7 Å². The summed E-state index contributed by atoms with van der Waals surface area (Å²) in [5.41, 5.74) is 18.3. The number of H-pyrrole nitrogens is 1. The van der Waals surface area contributed by atoms with Gasteiger partial charge < -0.3 is 62.4 Å². The number of hydrogen-bond donors (Lipinski definition) is 8. The van der Waals surface area contributed by atoms with Crippen LogP contribution in [0.15, 0.2) is 47.8 Å². The van der Waals surface area contributed by atoms with Crippen LogP contribution in [0.3, 0.4) is 0 Å². The number of Topliss-reactive ketones (excluding diaryl/α,β-unsaturated/α-hetero) is 3. The van der Waals surface area contributed by atoms with Gasteiger partial charge in [-0.15, -0.1) is 0 Å². The van der Waals surface area contributed by atoms with Crippen LogP contribution >= 0.6 is 0 Å². The van der Waals surface area contributed by atoms with Gasteiger partial charge in [0, 0.05) is 62.6 Å². The number of nitrogens with zero attached hydrogens (tertiary/aromatic N) is 2. The minimum atomic E-state index is -1.03. The van der Waals surface area contributed by atoms with E-state index in [2.05, 4.69) is 50.1 Å². The standard InChI is InChI=1S/C50H84N10O10/c1-6-13-43(61)42(28-37-14-8-7-9-15-37)59-49(66)39(29-40-32-54-34-57-40)31-45(63)47(35(2)3)60-48(65)38(16-12-19-56-50(52)53)30-44(62)41(17-10-11-18-51)58-46(64)33-70-27-26-69-25-24-68-23-22-67-21-20-55-36(4)5/h7-9,14-15,32,34-36,38-39,41-42,47,55H,6,10-13,16-31,33,51H2,1-5H3,(H,54,57)(H,58,64)(H,59,66)(H,60,65)(H4,52,53,56)/t38-,39-,41+,42+,47+/m1/s1. The maximum absolute atomic E-state index is 14.3. The Morgan fingerprint density at radius 2 is 1.36 bits per heavy atom. The van der Waals surface area contributed by atoms with Crippen LogP contribution in [0.1, 0.15) is 104 Å². The molecular weight excluding hydrogens is 901 g/mol. The van der Waals surface area contributed by atoms with Gasteiger partial charge in [0.25, 0.3) is 0 Å². The molecule has 2 rings (SSSR count). The maximum Gasteiger partial charge on any atom is 0.246 e. The smallest absolute Gasteiger partial charge is 0.246 e.